The molecule has 0 aliphatic heterocycles. The van der Waals surface area contributed by atoms with Gasteiger partial charge in [0.1, 0.15) is 0 Å². The van der Waals surface area contributed by atoms with Gasteiger partial charge in [0.2, 0.25) is 0 Å². The first kappa shape index (κ1) is 14.0. The molecule has 0 aromatic rings. The van der Waals surface area contributed by atoms with E-state index in [0.717, 1.165) is 11.8 Å². The highest BCUT2D eigenvalue weighted by Crippen LogP contribution is 2.51. The van der Waals surface area contributed by atoms with Crippen molar-refractivity contribution in [2.45, 2.75) is 45.6 Å². The minimum atomic E-state index is -0.0550. The van der Waals surface area contributed by atoms with E-state index in [9.17, 15) is 4.79 Å². The smallest absolute Gasteiger partial charge is 0.315 e. The summed E-state index contributed by atoms with van der Waals surface area (Å²) < 4.78 is 0. The molecule has 3 nitrogen and oxygen atoms in total. The van der Waals surface area contributed by atoms with E-state index in [1.54, 1.807) is 0 Å². The monoisotopic (exact) mass is 272 g/mol. The zero-order valence-electron chi connectivity index (χ0n) is 11.4. The van der Waals surface area contributed by atoms with Crippen LogP contribution in [0.4, 0.5) is 4.79 Å². The molecule has 1 atom stereocenters. The number of halogens is 1. The highest BCUT2D eigenvalue weighted by atomic mass is 35.5. The summed E-state index contributed by atoms with van der Waals surface area (Å²) in [7, 11) is 0. The van der Waals surface area contributed by atoms with E-state index >= 15 is 0 Å². The Morgan fingerprint density at radius 2 is 1.78 bits per heavy atom. The predicted octanol–water partition coefficient (Wildman–Crippen LogP) is 2.99. The molecule has 0 bridgehead atoms. The first-order valence-electron chi connectivity index (χ1n) is 7.23. The van der Waals surface area contributed by atoms with Crippen LogP contribution in [0.5, 0.6) is 0 Å². The second-order valence-electron chi connectivity index (χ2n) is 6.11. The van der Waals surface area contributed by atoms with E-state index in [4.69, 9.17) is 11.6 Å². The van der Waals surface area contributed by atoms with Crippen LogP contribution < -0.4 is 10.6 Å². The third-order valence-corrected chi connectivity index (χ3v) is 4.33. The van der Waals surface area contributed by atoms with Gasteiger partial charge in [-0.15, -0.1) is 11.6 Å². The molecule has 0 saturated heterocycles. The Hall–Kier alpha value is -0.440. The average molecular weight is 273 g/mol. The third-order valence-electron chi connectivity index (χ3n) is 4.14. The fraction of sp³-hybridized carbons (Fsp3) is 0.929. The summed E-state index contributed by atoms with van der Waals surface area (Å²) in [5.41, 5.74) is 0. The number of hydrogen-bond donors (Lipinski definition) is 2. The largest absolute Gasteiger partial charge is 0.337 e. The first-order valence-corrected chi connectivity index (χ1v) is 7.77. The number of amides is 2. The van der Waals surface area contributed by atoms with Gasteiger partial charge in [0.25, 0.3) is 0 Å². The fourth-order valence-corrected chi connectivity index (χ4v) is 3.10. The van der Waals surface area contributed by atoms with Crippen LogP contribution >= 0.6 is 11.6 Å². The topological polar surface area (TPSA) is 41.1 Å². The van der Waals surface area contributed by atoms with Gasteiger partial charge in [-0.05, 0) is 49.4 Å². The van der Waals surface area contributed by atoms with Gasteiger partial charge >= 0.3 is 6.03 Å². The molecule has 2 amide bonds. The van der Waals surface area contributed by atoms with Gasteiger partial charge in [0.05, 0.1) is 0 Å². The lowest BCUT2D eigenvalue weighted by atomic mass is 9.83. The summed E-state index contributed by atoms with van der Waals surface area (Å²) in [4.78, 5) is 11.8. The van der Waals surface area contributed by atoms with Crippen LogP contribution in [0.15, 0.2) is 0 Å². The average Bonchev–Trinajstić information content (AvgIpc) is 3.17. The Balaban J connectivity index is 1.91. The van der Waals surface area contributed by atoms with Crippen molar-refractivity contribution in [2.75, 3.05) is 12.4 Å². The summed E-state index contributed by atoms with van der Waals surface area (Å²) in [6, 6.07) is 0.265. The number of urea groups is 1. The van der Waals surface area contributed by atoms with Gasteiger partial charge in [0, 0.05) is 18.5 Å². The quantitative estimate of drug-likeness (QED) is 0.688. The lowest BCUT2D eigenvalue weighted by molar-refractivity contribution is 0.205. The molecular weight excluding hydrogens is 248 g/mol. The molecule has 2 aliphatic carbocycles. The van der Waals surface area contributed by atoms with Crippen LogP contribution in [0.3, 0.4) is 0 Å². The molecule has 0 radical (unpaired) electrons. The van der Waals surface area contributed by atoms with Crippen molar-refractivity contribution in [3.05, 3.63) is 0 Å². The Morgan fingerprint density at radius 3 is 2.17 bits per heavy atom. The molecule has 2 N–H and O–H groups in total. The Morgan fingerprint density at radius 1 is 1.22 bits per heavy atom. The molecule has 2 rings (SSSR count). The highest BCUT2D eigenvalue weighted by Gasteiger charge is 2.46. The standard InChI is InChI=1S/C14H25ClN2O/c1-9(2)13(17-14(18)16-8-7-15)12(10-3-4-10)11-5-6-11/h9-13H,3-8H2,1-2H3,(H2,16,17,18). The highest BCUT2D eigenvalue weighted by molar-refractivity contribution is 6.18. The van der Waals surface area contributed by atoms with Crippen molar-refractivity contribution in [1.82, 2.24) is 10.6 Å². The van der Waals surface area contributed by atoms with Gasteiger partial charge in [-0.25, -0.2) is 4.79 Å². The van der Waals surface area contributed by atoms with Crippen LogP contribution in [-0.4, -0.2) is 24.5 Å². The molecule has 0 spiro atoms. The summed E-state index contributed by atoms with van der Waals surface area (Å²) >= 11 is 5.59. The number of nitrogens with one attached hydrogen (secondary N) is 2. The van der Waals surface area contributed by atoms with E-state index in [0.29, 0.717) is 30.3 Å². The van der Waals surface area contributed by atoms with Crippen LogP contribution in [0.25, 0.3) is 0 Å². The predicted molar refractivity (Wildman–Crippen MR) is 74.8 cm³/mol. The van der Waals surface area contributed by atoms with E-state index in [1.165, 1.54) is 25.7 Å². The summed E-state index contributed by atoms with van der Waals surface area (Å²) in [6.07, 6.45) is 5.43. The first-order chi connectivity index (χ1) is 8.63. The molecule has 1 unspecified atom stereocenters. The maximum atomic E-state index is 11.8. The van der Waals surface area contributed by atoms with Gasteiger partial charge in [-0.3, -0.25) is 0 Å². The SMILES string of the molecule is CC(C)C(NC(=O)NCCCl)C(C1CC1)C1CC1. The van der Waals surface area contributed by atoms with Crippen molar-refractivity contribution in [3.63, 3.8) is 0 Å². The lowest BCUT2D eigenvalue weighted by Gasteiger charge is -2.31. The van der Waals surface area contributed by atoms with Gasteiger partial charge in [0.15, 0.2) is 0 Å². The van der Waals surface area contributed by atoms with Crippen molar-refractivity contribution >= 4 is 17.6 Å². The van der Waals surface area contributed by atoms with Gasteiger partial charge in [-0.2, -0.15) is 0 Å². The number of rotatable bonds is 7. The lowest BCUT2D eigenvalue weighted by Crippen LogP contribution is -2.49. The summed E-state index contributed by atoms with van der Waals surface area (Å²) in [5, 5.41) is 5.99. The zero-order chi connectivity index (χ0) is 13.1. The molecule has 0 aromatic heterocycles. The fourth-order valence-electron chi connectivity index (χ4n) is 3.00. The Labute approximate surface area is 115 Å². The molecule has 2 aliphatic rings. The second-order valence-corrected chi connectivity index (χ2v) is 6.49. The van der Waals surface area contributed by atoms with Crippen molar-refractivity contribution in [3.8, 4) is 0 Å². The zero-order valence-corrected chi connectivity index (χ0v) is 12.2. The van der Waals surface area contributed by atoms with Crippen molar-refractivity contribution < 1.29 is 4.79 Å². The van der Waals surface area contributed by atoms with E-state index in [2.05, 4.69) is 24.5 Å². The van der Waals surface area contributed by atoms with Crippen molar-refractivity contribution in [2.24, 2.45) is 23.7 Å². The molecule has 0 aromatic carbocycles. The molecule has 2 saturated carbocycles. The third kappa shape index (κ3) is 3.78. The minimum absolute atomic E-state index is 0.0550. The number of hydrogen-bond acceptors (Lipinski definition) is 1. The number of carbonyl (C=O) groups excluding carboxylic acids is 1. The molecule has 0 heterocycles. The molecule has 18 heavy (non-hydrogen) atoms. The van der Waals surface area contributed by atoms with Crippen LogP contribution in [0, 0.1) is 23.7 Å². The van der Waals surface area contributed by atoms with Gasteiger partial charge < -0.3 is 10.6 Å². The van der Waals surface area contributed by atoms with E-state index in [1.807, 2.05) is 0 Å². The second kappa shape index (κ2) is 6.14. The van der Waals surface area contributed by atoms with Gasteiger partial charge in [-0.1, -0.05) is 13.8 Å². The maximum Gasteiger partial charge on any atom is 0.315 e. The van der Waals surface area contributed by atoms with Crippen LogP contribution in [0.1, 0.15) is 39.5 Å². The summed E-state index contributed by atoms with van der Waals surface area (Å²) in [6.45, 7) is 4.96. The number of carbonyl (C=O) groups is 1. The molecule has 104 valence electrons. The van der Waals surface area contributed by atoms with E-state index < -0.39 is 0 Å². The normalized spacial score (nSPS) is 21.2. The molecule has 4 heteroatoms. The Kier molecular flexibility index (Phi) is 4.77. The minimum Gasteiger partial charge on any atom is -0.337 e. The Bertz CT molecular complexity index is 276. The maximum absolute atomic E-state index is 11.8. The van der Waals surface area contributed by atoms with E-state index in [-0.39, 0.29) is 6.03 Å². The number of alkyl halides is 1. The van der Waals surface area contributed by atoms with Crippen LogP contribution in [0.2, 0.25) is 0 Å². The van der Waals surface area contributed by atoms with Crippen molar-refractivity contribution in [1.29, 1.82) is 0 Å². The van der Waals surface area contributed by atoms with Crippen LogP contribution in [-0.2, 0) is 0 Å². The molecule has 2 fully saturated rings. The molecular formula is C14H25ClN2O. The summed E-state index contributed by atoms with van der Waals surface area (Å²) in [5.74, 6) is 3.38.